The maximum atomic E-state index is 12.5. The van der Waals surface area contributed by atoms with Crippen molar-refractivity contribution in [2.24, 2.45) is 5.92 Å². The lowest BCUT2D eigenvalue weighted by molar-refractivity contribution is -0.142. The zero-order valence-electron chi connectivity index (χ0n) is 15.2. The molecule has 7 heteroatoms. The lowest BCUT2D eigenvalue weighted by atomic mass is 10.0. The van der Waals surface area contributed by atoms with Gasteiger partial charge in [0.1, 0.15) is 5.75 Å². The fourth-order valence-corrected chi connectivity index (χ4v) is 3.42. The van der Waals surface area contributed by atoms with E-state index in [-0.39, 0.29) is 24.3 Å². The van der Waals surface area contributed by atoms with Crippen LogP contribution in [0.4, 0.5) is 0 Å². The summed E-state index contributed by atoms with van der Waals surface area (Å²) >= 11 is 0. The Hall–Kier alpha value is -2.57. The van der Waals surface area contributed by atoms with Crippen molar-refractivity contribution >= 4 is 17.8 Å². The zero-order valence-corrected chi connectivity index (χ0v) is 15.2. The number of rotatable bonds is 8. The second-order valence-corrected chi connectivity index (χ2v) is 6.48. The number of hydrogen-bond donors (Lipinski definition) is 3. The molecule has 0 heterocycles. The molecule has 0 saturated heterocycles. The highest BCUT2D eigenvalue weighted by Gasteiger charge is 2.34. The molecular formula is C19H26N2O5. The topological polar surface area (TPSA) is 105 Å². The van der Waals surface area contributed by atoms with Gasteiger partial charge in [0.25, 0.3) is 0 Å². The number of nitrogens with one attached hydrogen (secondary N) is 2. The van der Waals surface area contributed by atoms with E-state index in [2.05, 4.69) is 10.6 Å². The van der Waals surface area contributed by atoms with Crippen LogP contribution >= 0.6 is 0 Å². The van der Waals surface area contributed by atoms with E-state index in [1.54, 1.807) is 6.07 Å². The fraction of sp³-hybridized carbons (Fsp3) is 0.526. The van der Waals surface area contributed by atoms with E-state index < -0.39 is 17.9 Å². The summed E-state index contributed by atoms with van der Waals surface area (Å²) < 4.78 is 5.60. The largest absolute Gasteiger partial charge is 0.494 e. The van der Waals surface area contributed by atoms with E-state index >= 15 is 0 Å². The molecule has 7 nitrogen and oxygen atoms in total. The molecule has 1 aromatic carbocycles. The van der Waals surface area contributed by atoms with E-state index in [1.807, 2.05) is 25.1 Å². The van der Waals surface area contributed by atoms with Crippen LogP contribution in [0, 0.1) is 5.92 Å². The Morgan fingerprint density at radius 3 is 2.65 bits per heavy atom. The van der Waals surface area contributed by atoms with Crippen LogP contribution in [0.1, 0.15) is 51.1 Å². The van der Waals surface area contributed by atoms with Crippen LogP contribution in [-0.4, -0.2) is 35.5 Å². The standard InChI is InChI=1S/C19H26N2O5/c1-3-26-17-10-5-4-7-13(17)16(20-12(2)22)11-18(23)21-15-9-6-8-14(15)19(24)25/h4-5,7,10,14-16H,3,6,8-9,11H2,1-2H3,(H,20,22)(H,21,23)(H,24,25)/t14-,15+,16?/m0/s1. The smallest absolute Gasteiger partial charge is 0.308 e. The van der Waals surface area contributed by atoms with E-state index in [9.17, 15) is 19.5 Å². The number of benzene rings is 1. The normalized spacial score (nSPS) is 20.2. The second-order valence-electron chi connectivity index (χ2n) is 6.48. The minimum absolute atomic E-state index is 0.0203. The van der Waals surface area contributed by atoms with Crippen molar-refractivity contribution < 1.29 is 24.2 Å². The lowest BCUT2D eigenvalue weighted by Gasteiger charge is -2.23. The lowest BCUT2D eigenvalue weighted by Crippen LogP contribution is -2.42. The van der Waals surface area contributed by atoms with E-state index in [1.165, 1.54) is 6.92 Å². The molecule has 2 rings (SSSR count). The maximum Gasteiger partial charge on any atom is 0.308 e. The molecule has 1 fully saturated rings. The van der Waals surface area contributed by atoms with Crippen LogP contribution in [-0.2, 0) is 14.4 Å². The van der Waals surface area contributed by atoms with Crippen molar-refractivity contribution in [1.29, 1.82) is 0 Å². The number of ether oxygens (including phenoxy) is 1. The minimum Gasteiger partial charge on any atom is -0.494 e. The maximum absolute atomic E-state index is 12.5. The van der Waals surface area contributed by atoms with Crippen LogP contribution < -0.4 is 15.4 Å². The Bertz CT molecular complexity index is 661. The first-order valence-corrected chi connectivity index (χ1v) is 8.93. The van der Waals surface area contributed by atoms with Gasteiger partial charge in [-0.25, -0.2) is 0 Å². The minimum atomic E-state index is -0.882. The Balaban J connectivity index is 2.11. The average Bonchev–Trinajstić information content (AvgIpc) is 3.03. The molecule has 3 N–H and O–H groups in total. The highest BCUT2D eigenvalue weighted by Crippen LogP contribution is 2.29. The summed E-state index contributed by atoms with van der Waals surface area (Å²) in [7, 11) is 0. The zero-order chi connectivity index (χ0) is 19.1. The number of carboxylic acid groups (broad SMARTS) is 1. The molecule has 0 bridgehead atoms. The molecule has 26 heavy (non-hydrogen) atoms. The number of aliphatic carboxylic acids is 1. The van der Waals surface area contributed by atoms with Gasteiger partial charge in [0.15, 0.2) is 0 Å². The molecule has 142 valence electrons. The third kappa shape index (κ3) is 5.21. The monoisotopic (exact) mass is 362 g/mol. The first-order valence-electron chi connectivity index (χ1n) is 8.93. The number of hydrogen-bond acceptors (Lipinski definition) is 4. The second kappa shape index (κ2) is 9.22. The van der Waals surface area contributed by atoms with Gasteiger partial charge in [-0.05, 0) is 25.8 Å². The predicted octanol–water partition coefficient (Wildman–Crippen LogP) is 2.02. The Kier molecular flexibility index (Phi) is 7.00. The summed E-state index contributed by atoms with van der Waals surface area (Å²) in [5.74, 6) is -1.35. The van der Waals surface area contributed by atoms with Gasteiger partial charge in [0.05, 0.1) is 25.0 Å². The molecule has 1 aliphatic rings. The highest BCUT2D eigenvalue weighted by molar-refractivity contribution is 5.80. The molecule has 0 aromatic heterocycles. The molecule has 0 aliphatic heterocycles. The first kappa shape index (κ1) is 19.8. The summed E-state index contributed by atoms with van der Waals surface area (Å²) in [6, 6.07) is 6.36. The molecule has 0 radical (unpaired) electrons. The summed E-state index contributed by atoms with van der Waals surface area (Å²) in [4.78, 5) is 35.4. The molecule has 2 amide bonds. The molecule has 1 aliphatic carbocycles. The van der Waals surface area contributed by atoms with Gasteiger partial charge in [0.2, 0.25) is 11.8 Å². The van der Waals surface area contributed by atoms with Gasteiger partial charge < -0.3 is 20.5 Å². The Labute approximate surface area is 153 Å². The number of amides is 2. The van der Waals surface area contributed by atoms with Crippen molar-refractivity contribution in [3.63, 3.8) is 0 Å². The predicted molar refractivity (Wildman–Crippen MR) is 95.7 cm³/mol. The van der Waals surface area contributed by atoms with Crippen LogP contribution in [0.5, 0.6) is 5.75 Å². The summed E-state index contributed by atoms with van der Waals surface area (Å²) in [5, 5.41) is 14.9. The molecule has 1 aromatic rings. The van der Waals surface area contributed by atoms with Gasteiger partial charge in [-0.1, -0.05) is 24.6 Å². The number of carboxylic acids is 1. The Morgan fingerprint density at radius 1 is 1.27 bits per heavy atom. The quantitative estimate of drug-likeness (QED) is 0.656. The van der Waals surface area contributed by atoms with E-state index in [0.29, 0.717) is 25.2 Å². The van der Waals surface area contributed by atoms with Gasteiger partial charge in [-0.15, -0.1) is 0 Å². The van der Waals surface area contributed by atoms with Gasteiger partial charge in [0, 0.05) is 18.5 Å². The van der Waals surface area contributed by atoms with Crippen LogP contribution in [0.25, 0.3) is 0 Å². The highest BCUT2D eigenvalue weighted by atomic mass is 16.5. The third-order valence-corrected chi connectivity index (χ3v) is 4.54. The summed E-state index contributed by atoms with van der Waals surface area (Å²) in [6.45, 7) is 3.73. The van der Waals surface area contributed by atoms with Crippen LogP contribution in [0.2, 0.25) is 0 Å². The molecule has 1 unspecified atom stereocenters. The number of carbonyl (C=O) groups excluding carboxylic acids is 2. The van der Waals surface area contributed by atoms with Crippen LogP contribution in [0.3, 0.4) is 0 Å². The third-order valence-electron chi connectivity index (χ3n) is 4.54. The van der Waals surface area contributed by atoms with Crippen LogP contribution in [0.15, 0.2) is 24.3 Å². The van der Waals surface area contributed by atoms with Gasteiger partial charge >= 0.3 is 5.97 Å². The van der Waals surface area contributed by atoms with Crippen molar-refractivity contribution in [1.82, 2.24) is 10.6 Å². The molecule has 0 spiro atoms. The van der Waals surface area contributed by atoms with E-state index in [4.69, 9.17) is 4.74 Å². The summed E-state index contributed by atoms with van der Waals surface area (Å²) in [6.07, 6.45) is 2.03. The summed E-state index contributed by atoms with van der Waals surface area (Å²) in [5.41, 5.74) is 0.723. The fourth-order valence-electron chi connectivity index (χ4n) is 3.42. The number of carbonyl (C=O) groups is 3. The van der Waals surface area contributed by atoms with Gasteiger partial charge in [-0.3, -0.25) is 14.4 Å². The van der Waals surface area contributed by atoms with Crippen molar-refractivity contribution in [3.8, 4) is 5.75 Å². The van der Waals surface area contributed by atoms with Gasteiger partial charge in [-0.2, -0.15) is 0 Å². The molecule has 3 atom stereocenters. The number of para-hydroxylation sites is 1. The Morgan fingerprint density at radius 2 is 2.00 bits per heavy atom. The first-order chi connectivity index (χ1) is 12.4. The van der Waals surface area contributed by atoms with Crippen molar-refractivity contribution in [3.05, 3.63) is 29.8 Å². The SMILES string of the molecule is CCOc1ccccc1C(CC(=O)N[C@@H]1CCC[C@@H]1C(=O)O)NC(C)=O. The molecular weight excluding hydrogens is 336 g/mol. The molecule has 1 saturated carbocycles. The van der Waals surface area contributed by atoms with Crippen molar-refractivity contribution in [2.75, 3.05) is 6.61 Å². The van der Waals surface area contributed by atoms with Crippen molar-refractivity contribution in [2.45, 2.75) is 51.6 Å². The van der Waals surface area contributed by atoms with E-state index in [0.717, 1.165) is 12.0 Å². The average molecular weight is 362 g/mol.